The summed E-state index contributed by atoms with van der Waals surface area (Å²) in [6.07, 6.45) is -0.545. The number of nitrogens with one attached hydrogen (secondary N) is 1. The molecular formula is C15H26BN3O4. The highest BCUT2D eigenvalue weighted by Gasteiger charge is 2.52. The smallest absolute Gasteiger partial charge is 0.444 e. The van der Waals surface area contributed by atoms with Gasteiger partial charge in [0, 0.05) is 13.1 Å². The van der Waals surface area contributed by atoms with E-state index in [0.717, 1.165) is 5.59 Å². The zero-order valence-corrected chi connectivity index (χ0v) is 15.2. The van der Waals surface area contributed by atoms with E-state index in [4.69, 9.17) is 14.0 Å². The van der Waals surface area contributed by atoms with Gasteiger partial charge in [0.25, 0.3) is 0 Å². The Balaban J connectivity index is 2.12. The number of rotatable bonds is 2. The van der Waals surface area contributed by atoms with E-state index in [-0.39, 0.29) is 0 Å². The Labute approximate surface area is 137 Å². The zero-order chi connectivity index (χ0) is 17.6. The molecule has 0 radical (unpaired) electrons. The van der Waals surface area contributed by atoms with Crippen molar-refractivity contribution in [3.8, 4) is 0 Å². The molecule has 1 amide bonds. The first kappa shape index (κ1) is 17.8. The first-order valence-electron chi connectivity index (χ1n) is 7.70. The molecule has 128 valence electrons. The number of hydrogen-bond donors (Lipinski definition) is 1. The Bertz CT molecular complexity index is 588. The Hall–Kier alpha value is -1.54. The van der Waals surface area contributed by atoms with Crippen LogP contribution in [-0.2, 0) is 21.1 Å². The van der Waals surface area contributed by atoms with Crippen molar-refractivity contribution in [3.05, 3.63) is 6.07 Å². The van der Waals surface area contributed by atoms with Crippen molar-refractivity contribution < 1.29 is 18.8 Å². The van der Waals surface area contributed by atoms with E-state index >= 15 is 0 Å². The molecule has 2 heterocycles. The fourth-order valence-corrected chi connectivity index (χ4v) is 2.14. The quantitative estimate of drug-likeness (QED) is 0.843. The zero-order valence-electron chi connectivity index (χ0n) is 15.2. The van der Waals surface area contributed by atoms with Gasteiger partial charge in [-0.15, -0.1) is 0 Å². The summed E-state index contributed by atoms with van der Waals surface area (Å²) in [7, 11) is 1.24. The molecule has 1 aliphatic heterocycles. The van der Waals surface area contributed by atoms with E-state index in [1.54, 1.807) is 38.6 Å². The molecular weight excluding hydrogens is 297 g/mol. The molecule has 0 saturated carbocycles. The maximum absolute atomic E-state index is 11.8. The standard InChI is InChI=1S/C15H26BN3O4/c1-13(2,3)21-12(20)17-11-9-10(19(8)18-11)16-22-14(4,5)15(6,7)23-16/h9H,1-8H3,(H,17,18,20). The third kappa shape index (κ3) is 3.87. The number of aromatic nitrogens is 2. The lowest BCUT2D eigenvalue weighted by molar-refractivity contribution is 0.00578. The minimum absolute atomic E-state index is 0.395. The average molecular weight is 323 g/mol. The Morgan fingerprint density at radius 1 is 1.26 bits per heavy atom. The van der Waals surface area contributed by atoms with Crippen LogP contribution in [0.3, 0.4) is 0 Å². The summed E-state index contributed by atoms with van der Waals surface area (Å²) in [4.78, 5) is 11.8. The summed E-state index contributed by atoms with van der Waals surface area (Å²) >= 11 is 0. The second kappa shape index (κ2) is 5.52. The van der Waals surface area contributed by atoms with Crippen molar-refractivity contribution in [2.24, 2.45) is 7.05 Å². The van der Waals surface area contributed by atoms with Gasteiger partial charge in [0.2, 0.25) is 0 Å². The molecule has 0 unspecified atom stereocenters. The monoisotopic (exact) mass is 323 g/mol. The fourth-order valence-electron chi connectivity index (χ4n) is 2.14. The van der Waals surface area contributed by atoms with Crippen LogP contribution in [0.15, 0.2) is 6.07 Å². The summed E-state index contributed by atoms with van der Waals surface area (Å²) < 4.78 is 18.9. The predicted octanol–water partition coefficient (Wildman–Crippen LogP) is 2.07. The highest BCUT2D eigenvalue weighted by atomic mass is 16.7. The molecule has 0 aliphatic carbocycles. The van der Waals surface area contributed by atoms with Gasteiger partial charge in [-0.05, 0) is 48.5 Å². The van der Waals surface area contributed by atoms with E-state index in [1.165, 1.54) is 0 Å². The summed E-state index contributed by atoms with van der Waals surface area (Å²) in [5.74, 6) is 0.395. The molecule has 1 N–H and O–H groups in total. The molecule has 1 saturated heterocycles. The number of anilines is 1. The molecule has 0 spiro atoms. The molecule has 1 aromatic heterocycles. The normalized spacial score (nSPS) is 19.7. The Kier molecular flexibility index (Phi) is 4.28. The maximum atomic E-state index is 11.8. The van der Waals surface area contributed by atoms with Gasteiger partial charge in [0.1, 0.15) is 5.60 Å². The van der Waals surface area contributed by atoms with Crippen molar-refractivity contribution in [1.29, 1.82) is 0 Å². The molecule has 2 rings (SSSR count). The molecule has 0 atom stereocenters. The summed E-state index contributed by atoms with van der Waals surface area (Å²) in [5, 5.41) is 6.89. The van der Waals surface area contributed by atoms with E-state index in [2.05, 4.69) is 10.4 Å². The minimum atomic E-state index is -0.562. The van der Waals surface area contributed by atoms with Gasteiger partial charge >= 0.3 is 13.2 Å². The number of ether oxygens (including phenoxy) is 1. The molecule has 8 heteroatoms. The van der Waals surface area contributed by atoms with Crippen LogP contribution in [0.2, 0.25) is 0 Å². The van der Waals surface area contributed by atoms with Crippen LogP contribution in [0.4, 0.5) is 10.6 Å². The number of hydrogen-bond acceptors (Lipinski definition) is 5. The molecule has 1 aliphatic rings. The highest BCUT2D eigenvalue weighted by Crippen LogP contribution is 2.36. The van der Waals surface area contributed by atoms with Crippen molar-refractivity contribution in [2.45, 2.75) is 65.3 Å². The fraction of sp³-hybridized carbons (Fsp3) is 0.733. The van der Waals surface area contributed by atoms with Crippen LogP contribution < -0.4 is 10.9 Å². The van der Waals surface area contributed by atoms with Gasteiger partial charge in [0.15, 0.2) is 5.82 Å². The molecule has 1 fully saturated rings. The van der Waals surface area contributed by atoms with Crippen molar-refractivity contribution in [1.82, 2.24) is 9.78 Å². The van der Waals surface area contributed by atoms with E-state index < -0.39 is 30.0 Å². The van der Waals surface area contributed by atoms with Gasteiger partial charge in [0.05, 0.1) is 16.8 Å². The molecule has 0 bridgehead atoms. The summed E-state index contributed by atoms with van der Waals surface area (Å²) in [5.41, 5.74) is -0.691. The lowest BCUT2D eigenvalue weighted by Gasteiger charge is -2.32. The number of aryl methyl sites for hydroxylation is 1. The topological polar surface area (TPSA) is 74.6 Å². The lowest BCUT2D eigenvalue weighted by Crippen LogP contribution is -2.41. The van der Waals surface area contributed by atoms with Crippen LogP contribution in [0, 0.1) is 0 Å². The van der Waals surface area contributed by atoms with Crippen LogP contribution in [0.5, 0.6) is 0 Å². The maximum Gasteiger partial charge on any atom is 0.514 e. The van der Waals surface area contributed by atoms with Gasteiger partial charge in [-0.25, -0.2) is 4.79 Å². The number of amides is 1. The van der Waals surface area contributed by atoms with Crippen LogP contribution in [0.25, 0.3) is 0 Å². The Morgan fingerprint density at radius 2 is 1.78 bits per heavy atom. The first-order valence-corrected chi connectivity index (χ1v) is 7.70. The largest absolute Gasteiger partial charge is 0.514 e. The molecule has 0 aromatic carbocycles. The SMILES string of the molecule is Cn1nc(NC(=O)OC(C)(C)C)cc1B1OC(C)(C)C(C)(C)O1. The second-order valence-electron chi connectivity index (χ2n) is 7.79. The third-order valence-electron chi connectivity index (χ3n) is 4.04. The van der Waals surface area contributed by atoms with Crippen LogP contribution >= 0.6 is 0 Å². The number of carbonyl (C=O) groups is 1. The highest BCUT2D eigenvalue weighted by molar-refractivity contribution is 6.61. The minimum Gasteiger partial charge on any atom is -0.444 e. The van der Waals surface area contributed by atoms with Crippen LogP contribution in [-0.4, -0.2) is 39.8 Å². The van der Waals surface area contributed by atoms with E-state index in [9.17, 15) is 4.79 Å². The summed E-state index contributed by atoms with van der Waals surface area (Å²) in [6.45, 7) is 13.4. The van der Waals surface area contributed by atoms with Gasteiger partial charge in [-0.3, -0.25) is 10.00 Å². The van der Waals surface area contributed by atoms with Gasteiger partial charge in [-0.1, -0.05) is 0 Å². The van der Waals surface area contributed by atoms with Crippen molar-refractivity contribution in [3.63, 3.8) is 0 Å². The van der Waals surface area contributed by atoms with Gasteiger partial charge < -0.3 is 14.0 Å². The van der Waals surface area contributed by atoms with Crippen LogP contribution in [0.1, 0.15) is 48.5 Å². The van der Waals surface area contributed by atoms with Crippen molar-refractivity contribution >= 4 is 24.6 Å². The number of carbonyl (C=O) groups excluding carboxylic acids is 1. The van der Waals surface area contributed by atoms with E-state index in [1.807, 2.05) is 27.7 Å². The average Bonchev–Trinajstić information content (AvgIpc) is 2.74. The van der Waals surface area contributed by atoms with Crippen molar-refractivity contribution in [2.75, 3.05) is 5.32 Å². The molecule has 23 heavy (non-hydrogen) atoms. The first-order chi connectivity index (χ1) is 10.3. The lowest BCUT2D eigenvalue weighted by atomic mass is 9.84. The predicted molar refractivity (Wildman–Crippen MR) is 88.8 cm³/mol. The molecule has 1 aromatic rings. The Morgan fingerprint density at radius 3 is 2.26 bits per heavy atom. The third-order valence-corrected chi connectivity index (χ3v) is 4.04. The number of nitrogens with zero attached hydrogens (tertiary/aromatic N) is 2. The summed E-state index contributed by atoms with van der Waals surface area (Å²) in [6, 6.07) is 1.73. The second-order valence-corrected chi connectivity index (χ2v) is 7.79. The van der Waals surface area contributed by atoms with Gasteiger partial charge in [-0.2, -0.15) is 5.10 Å². The van der Waals surface area contributed by atoms with E-state index in [0.29, 0.717) is 5.82 Å². The molecule has 7 nitrogen and oxygen atoms in total.